The monoisotopic (exact) mass is 348 g/mol. The third-order valence-corrected chi connectivity index (χ3v) is 4.46. The highest BCUT2D eigenvalue weighted by atomic mass is 16.5. The second-order valence-corrected chi connectivity index (χ2v) is 6.15. The zero-order valence-corrected chi connectivity index (χ0v) is 15.4. The van der Waals surface area contributed by atoms with E-state index in [-0.39, 0.29) is 6.04 Å². The van der Waals surface area contributed by atoms with Gasteiger partial charge < -0.3 is 14.8 Å². The summed E-state index contributed by atoms with van der Waals surface area (Å²) in [6.45, 7) is 2.91. The van der Waals surface area contributed by atoms with E-state index in [9.17, 15) is 0 Å². The maximum atomic E-state index is 5.55. The molecule has 1 aromatic heterocycles. The first kappa shape index (κ1) is 18.0. The van der Waals surface area contributed by atoms with E-state index in [1.165, 1.54) is 11.1 Å². The first-order chi connectivity index (χ1) is 12.7. The lowest BCUT2D eigenvalue weighted by atomic mass is 10.0. The molecule has 0 fully saturated rings. The van der Waals surface area contributed by atoms with Crippen LogP contribution in [-0.4, -0.2) is 19.2 Å². The lowest BCUT2D eigenvalue weighted by Crippen LogP contribution is -2.18. The zero-order chi connectivity index (χ0) is 18.4. The molecular weight excluding hydrogens is 324 g/mol. The molecule has 0 spiro atoms. The van der Waals surface area contributed by atoms with Gasteiger partial charge in [-0.1, -0.05) is 24.3 Å². The number of nitrogens with one attached hydrogen (secondary N) is 1. The Labute approximate surface area is 154 Å². The molecule has 26 heavy (non-hydrogen) atoms. The van der Waals surface area contributed by atoms with E-state index in [1.54, 1.807) is 20.4 Å². The minimum atomic E-state index is 0.232. The minimum absolute atomic E-state index is 0.232. The Balaban J connectivity index is 1.78. The van der Waals surface area contributed by atoms with E-state index < -0.39 is 0 Å². The van der Waals surface area contributed by atoms with Crippen molar-refractivity contribution >= 4 is 0 Å². The molecule has 0 aliphatic heterocycles. The number of pyridine rings is 1. The summed E-state index contributed by atoms with van der Waals surface area (Å²) >= 11 is 0. The summed E-state index contributed by atoms with van der Waals surface area (Å²) in [5, 5.41) is 3.55. The van der Waals surface area contributed by atoms with Gasteiger partial charge in [-0.2, -0.15) is 0 Å². The molecule has 1 unspecified atom stereocenters. The molecule has 1 heterocycles. The second kappa shape index (κ2) is 8.50. The van der Waals surface area contributed by atoms with Crippen molar-refractivity contribution in [1.29, 1.82) is 0 Å². The van der Waals surface area contributed by atoms with Gasteiger partial charge in [0.2, 0.25) is 0 Å². The fraction of sp³-hybridized carbons (Fsp3) is 0.227. The minimum Gasteiger partial charge on any atom is -0.497 e. The number of rotatable bonds is 7. The van der Waals surface area contributed by atoms with Gasteiger partial charge in [-0.25, -0.2) is 0 Å². The number of ether oxygens (including phenoxy) is 2. The highest BCUT2D eigenvalue weighted by molar-refractivity contribution is 5.71. The first-order valence-electron chi connectivity index (χ1n) is 8.66. The van der Waals surface area contributed by atoms with Crippen molar-refractivity contribution in [3.63, 3.8) is 0 Å². The van der Waals surface area contributed by atoms with Gasteiger partial charge in [-0.3, -0.25) is 4.98 Å². The fourth-order valence-corrected chi connectivity index (χ4v) is 2.88. The van der Waals surface area contributed by atoms with E-state index >= 15 is 0 Å². The van der Waals surface area contributed by atoms with Crippen LogP contribution in [0.25, 0.3) is 11.1 Å². The van der Waals surface area contributed by atoms with Crippen LogP contribution in [0.2, 0.25) is 0 Å². The Kier molecular flexibility index (Phi) is 5.87. The number of nitrogens with zero attached hydrogens (tertiary/aromatic N) is 1. The van der Waals surface area contributed by atoms with Crippen LogP contribution in [0.1, 0.15) is 24.1 Å². The molecule has 1 atom stereocenters. The lowest BCUT2D eigenvalue weighted by molar-refractivity contribution is 0.414. The van der Waals surface area contributed by atoms with Crippen LogP contribution in [0.5, 0.6) is 11.5 Å². The van der Waals surface area contributed by atoms with Crippen molar-refractivity contribution in [1.82, 2.24) is 10.3 Å². The van der Waals surface area contributed by atoms with Gasteiger partial charge in [-0.15, -0.1) is 0 Å². The van der Waals surface area contributed by atoms with Gasteiger partial charge in [0, 0.05) is 30.5 Å². The molecule has 3 rings (SSSR count). The van der Waals surface area contributed by atoms with Crippen LogP contribution < -0.4 is 14.8 Å². The molecular formula is C22H24N2O2. The van der Waals surface area contributed by atoms with E-state index in [1.807, 2.05) is 42.6 Å². The van der Waals surface area contributed by atoms with Gasteiger partial charge in [0.15, 0.2) is 0 Å². The quantitative estimate of drug-likeness (QED) is 0.677. The summed E-state index contributed by atoms with van der Waals surface area (Å²) in [6.07, 6.45) is 3.69. The molecule has 0 radical (unpaired) electrons. The SMILES string of the molecule is COc1ccc(-c2cc(CNC(C)c3cccnc3)ccc2OC)cc1. The average molecular weight is 348 g/mol. The third-order valence-electron chi connectivity index (χ3n) is 4.46. The Morgan fingerprint density at radius 3 is 2.46 bits per heavy atom. The molecule has 134 valence electrons. The molecule has 4 heteroatoms. The lowest BCUT2D eigenvalue weighted by Gasteiger charge is -2.16. The smallest absolute Gasteiger partial charge is 0.126 e. The molecule has 0 saturated heterocycles. The maximum absolute atomic E-state index is 5.55. The summed E-state index contributed by atoms with van der Waals surface area (Å²) in [4.78, 5) is 4.18. The van der Waals surface area contributed by atoms with Crippen molar-refractivity contribution in [3.8, 4) is 22.6 Å². The molecule has 3 aromatic rings. The van der Waals surface area contributed by atoms with Crippen LogP contribution in [0, 0.1) is 0 Å². The Morgan fingerprint density at radius 1 is 1.00 bits per heavy atom. The summed E-state index contributed by atoms with van der Waals surface area (Å²) in [5.41, 5.74) is 4.55. The molecule has 0 aliphatic carbocycles. The highest BCUT2D eigenvalue weighted by Crippen LogP contribution is 2.32. The van der Waals surface area contributed by atoms with Crippen molar-refractivity contribution in [2.75, 3.05) is 14.2 Å². The predicted molar refractivity (Wildman–Crippen MR) is 104 cm³/mol. The summed E-state index contributed by atoms with van der Waals surface area (Å²) < 4.78 is 10.8. The molecule has 0 saturated carbocycles. The normalized spacial score (nSPS) is 11.8. The van der Waals surface area contributed by atoms with Crippen molar-refractivity contribution < 1.29 is 9.47 Å². The predicted octanol–water partition coefficient (Wildman–Crippen LogP) is 4.62. The third kappa shape index (κ3) is 4.21. The average Bonchev–Trinajstić information content (AvgIpc) is 2.72. The Bertz CT molecular complexity index is 833. The molecule has 2 aromatic carbocycles. The molecule has 4 nitrogen and oxygen atoms in total. The zero-order valence-electron chi connectivity index (χ0n) is 15.4. The van der Waals surface area contributed by atoms with Crippen molar-refractivity contribution in [2.45, 2.75) is 19.5 Å². The standard InChI is InChI=1S/C22H24N2O2/c1-16(19-5-4-12-23-15-19)24-14-17-6-11-22(26-3)21(13-17)18-7-9-20(25-2)10-8-18/h4-13,15-16,24H,14H2,1-3H3. The van der Waals surface area contributed by atoms with Crippen LogP contribution in [-0.2, 0) is 6.54 Å². The number of hydrogen-bond donors (Lipinski definition) is 1. The first-order valence-corrected chi connectivity index (χ1v) is 8.66. The van der Waals surface area contributed by atoms with Crippen LogP contribution in [0.15, 0.2) is 67.0 Å². The topological polar surface area (TPSA) is 43.4 Å². The highest BCUT2D eigenvalue weighted by Gasteiger charge is 2.09. The van der Waals surface area contributed by atoms with Gasteiger partial charge in [0.25, 0.3) is 0 Å². The number of benzene rings is 2. The summed E-state index contributed by atoms with van der Waals surface area (Å²) in [7, 11) is 3.37. The largest absolute Gasteiger partial charge is 0.497 e. The van der Waals surface area contributed by atoms with E-state index in [4.69, 9.17) is 9.47 Å². The van der Waals surface area contributed by atoms with E-state index in [0.717, 1.165) is 29.2 Å². The van der Waals surface area contributed by atoms with Gasteiger partial charge in [-0.05, 0) is 53.9 Å². The van der Waals surface area contributed by atoms with Crippen molar-refractivity contribution in [3.05, 3.63) is 78.1 Å². The van der Waals surface area contributed by atoms with E-state index in [0.29, 0.717) is 0 Å². The van der Waals surface area contributed by atoms with Crippen LogP contribution in [0.4, 0.5) is 0 Å². The second-order valence-electron chi connectivity index (χ2n) is 6.15. The molecule has 0 amide bonds. The Morgan fingerprint density at radius 2 is 1.81 bits per heavy atom. The van der Waals surface area contributed by atoms with Gasteiger partial charge in [0.1, 0.15) is 11.5 Å². The summed E-state index contributed by atoms with van der Waals surface area (Å²) in [5.74, 6) is 1.70. The van der Waals surface area contributed by atoms with Crippen molar-refractivity contribution in [2.24, 2.45) is 0 Å². The van der Waals surface area contributed by atoms with Crippen LogP contribution >= 0.6 is 0 Å². The number of methoxy groups -OCH3 is 2. The van der Waals surface area contributed by atoms with Gasteiger partial charge in [0.05, 0.1) is 14.2 Å². The van der Waals surface area contributed by atoms with Gasteiger partial charge >= 0.3 is 0 Å². The molecule has 0 bridgehead atoms. The molecule has 0 aliphatic rings. The number of hydrogen-bond acceptors (Lipinski definition) is 4. The summed E-state index contributed by atoms with van der Waals surface area (Å²) in [6, 6.07) is 18.6. The Hall–Kier alpha value is -2.85. The number of aromatic nitrogens is 1. The fourth-order valence-electron chi connectivity index (χ4n) is 2.88. The van der Waals surface area contributed by atoms with E-state index in [2.05, 4.69) is 35.4 Å². The maximum Gasteiger partial charge on any atom is 0.126 e. The van der Waals surface area contributed by atoms with Crippen LogP contribution in [0.3, 0.4) is 0 Å². The molecule has 1 N–H and O–H groups in total.